The summed E-state index contributed by atoms with van der Waals surface area (Å²) in [5.74, 6) is 0.779. The number of aromatic amines is 1. The van der Waals surface area contributed by atoms with E-state index in [1.54, 1.807) is 0 Å². The highest BCUT2D eigenvalue weighted by Crippen LogP contribution is 2.51. The molecule has 1 spiro atoms. The SMILES string of the molecule is C[C@H]1CC2(CCN(C(=O)c3ccc[nH]3)CC2)c2ccccc21. The van der Waals surface area contributed by atoms with Gasteiger partial charge in [-0.3, -0.25) is 4.79 Å². The summed E-state index contributed by atoms with van der Waals surface area (Å²) in [5, 5.41) is 0. The fourth-order valence-electron chi connectivity index (χ4n) is 4.46. The molecule has 1 amide bonds. The Labute approximate surface area is 131 Å². The average molecular weight is 294 g/mol. The maximum atomic E-state index is 12.5. The monoisotopic (exact) mass is 294 g/mol. The summed E-state index contributed by atoms with van der Waals surface area (Å²) in [6.07, 6.45) is 5.21. The van der Waals surface area contributed by atoms with Crippen molar-refractivity contribution in [3.8, 4) is 0 Å². The van der Waals surface area contributed by atoms with E-state index in [1.807, 2.05) is 23.2 Å². The van der Waals surface area contributed by atoms with Crippen LogP contribution >= 0.6 is 0 Å². The third-order valence-corrected chi connectivity index (χ3v) is 5.60. The minimum Gasteiger partial charge on any atom is -0.357 e. The van der Waals surface area contributed by atoms with E-state index in [0.29, 0.717) is 17.0 Å². The number of amides is 1. The number of H-pyrrole nitrogens is 1. The molecule has 1 aromatic carbocycles. The highest BCUT2D eigenvalue weighted by atomic mass is 16.2. The molecule has 2 heterocycles. The van der Waals surface area contributed by atoms with Gasteiger partial charge in [0.1, 0.15) is 5.69 Å². The van der Waals surface area contributed by atoms with E-state index in [9.17, 15) is 4.79 Å². The first-order valence-electron chi connectivity index (χ1n) is 8.22. The number of carbonyl (C=O) groups is 1. The second kappa shape index (κ2) is 5.01. The fraction of sp³-hybridized carbons (Fsp3) is 0.421. The van der Waals surface area contributed by atoms with Gasteiger partial charge in [-0.2, -0.15) is 0 Å². The molecule has 0 unspecified atom stereocenters. The highest BCUT2D eigenvalue weighted by molar-refractivity contribution is 5.92. The number of fused-ring (bicyclic) bond motifs is 2. The minimum atomic E-state index is 0.138. The van der Waals surface area contributed by atoms with Gasteiger partial charge in [0.2, 0.25) is 0 Å². The molecule has 114 valence electrons. The number of benzene rings is 1. The number of aromatic nitrogens is 1. The lowest BCUT2D eigenvalue weighted by atomic mass is 9.73. The van der Waals surface area contributed by atoms with Crippen LogP contribution in [0.2, 0.25) is 0 Å². The second-order valence-electron chi connectivity index (χ2n) is 6.85. The number of hydrogen-bond donors (Lipinski definition) is 1. The first kappa shape index (κ1) is 13.6. The summed E-state index contributed by atoms with van der Waals surface area (Å²) in [6, 6.07) is 12.6. The largest absolute Gasteiger partial charge is 0.357 e. The van der Waals surface area contributed by atoms with Gasteiger partial charge in [0.15, 0.2) is 0 Å². The van der Waals surface area contributed by atoms with Crippen molar-refractivity contribution in [3.63, 3.8) is 0 Å². The van der Waals surface area contributed by atoms with Gasteiger partial charge in [0.25, 0.3) is 5.91 Å². The van der Waals surface area contributed by atoms with Crippen LogP contribution in [0.15, 0.2) is 42.6 Å². The molecule has 2 aliphatic rings. The molecule has 1 atom stereocenters. The Morgan fingerprint density at radius 2 is 1.95 bits per heavy atom. The van der Waals surface area contributed by atoms with Gasteiger partial charge in [-0.15, -0.1) is 0 Å². The molecule has 1 aliphatic carbocycles. The smallest absolute Gasteiger partial charge is 0.270 e. The predicted molar refractivity (Wildman–Crippen MR) is 87.1 cm³/mol. The number of piperidine rings is 1. The minimum absolute atomic E-state index is 0.138. The van der Waals surface area contributed by atoms with Crippen molar-refractivity contribution in [1.29, 1.82) is 0 Å². The number of rotatable bonds is 1. The van der Waals surface area contributed by atoms with E-state index >= 15 is 0 Å². The second-order valence-corrected chi connectivity index (χ2v) is 6.85. The number of nitrogens with zero attached hydrogens (tertiary/aromatic N) is 1. The van der Waals surface area contributed by atoms with E-state index in [1.165, 1.54) is 17.5 Å². The van der Waals surface area contributed by atoms with Crippen LogP contribution in [-0.4, -0.2) is 28.9 Å². The number of carbonyl (C=O) groups excluding carboxylic acids is 1. The lowest BCUT2D eigenvalue weighted by molar-refractivity contribution is 0.0658. The molecular weight excluding hydrogens is 272 g/mol. The van der Waals surface area contributed by atoms with Crippen molar-refractivity contribution in [2.75, 3.05) is 13.1 Å². The van der Waals surface area contributed by atoms with Crippen molar-refractivity contribution in [2.45, 2.75) is 37.5 Å². The maximum Gasteiger partial charge on any atom is 0.270 e. The van der Waals surface area contributed by atoms with Gasteiger partial charge >= 0.3 is 0 Å². The molecule has 3 nitrogen and oxygen atoms in total. The normalized spacial score (nSPS) is 22.8. The molecule has 1 saturated heterocycles. The molecule has 2 aromatic rings. The van der Waals surface area contributed by atoms with E-state index in [2.05, 4.69) is 36.2 Å². The Balaban J connectivity index is 1.54. The van der Waals surface area contributed by atoms with Crippen molar-refractivity contribution in [3.05, 3.63) is 59.4 Å². The summed E-state index contributed by atoms with van der Waals surface area (Å²) in [4.78, 5) is 17.5. The Bertz CT molecular complexity index is 681. The van der Waals surface area contributed by atoms with Crippen LogP contribution < -0.4 is 0 Å². The van der Waals surface area contributed by atoms with Crippen LogP contribution in [-0.2, 0) is 5.41 Å². The first-order valence-corrected chi connectivity index (χ1v) is 8.22. The Hall–Kier alpha value is -2.03. The molecule has 1 aromatic heterocycles. The zero-order valence-electron chi connectivity index (χ0n) is 13.0. The van der Waals surface area contributed by atoms with Crippen molar-refractivity contribution < 1.29 is 4.79 Å². The summed E-state index contributed by atoms with van der Waals surface area (Å²) in [5.41, 5.74) is 4.06. The Kier molecular flexibility index (Phi) is 3.10. The summed E-state index contributed by atoms with van der Waals surface area (Å²) in [7, 11) is 0. The molecule has 4 rings (SSSR count). The van der Waals surface area contributed by atoms with Crippen LogP contribution in [0.4, 0.5) is 0 Å². The quantitative estimate of drug-likeness (QED) is 0.855. The van der Waals surface area contributed by atoms with Gasteiger partial charge < -0.3 is 9.88 Å². The topological polar surface area (TPSA) is 36.1 Å². The number of hydrogen-bond acceptors (Lipinski definition) is 1. The van der Waals surface area contributed by atoms with Gasteiger partial charge in [-0.05, 0) is 53.9 Å². The van der Waals surface area contributed by atoms with Crippen LogP contribution in [0.3, 0.4) is 0 Å². The lowest BCUT2D eigenvalue weighted by Gasteiger charge is -2.40. The Morgan fingerprint density at radius 1 is 1.18 bits per heavy atom. The standard InChI is InChI=1S/C19H22N2O/c1-14-13-19(16-6-3-2-5-15(14)16)8-11-21(12-9-19)18(22)17-7-4-10-20-17/h2-7,10,14,20H,8-9,11-13H2,1H3/t14-/m0/s1. The molecule has 1 fully saturated rings. The molecule has 1 aliphatic heterocycles. The van der Waals surface area contributed by atoms with E-state index < -0.39 is 0 Å². The molecule has 0 bridgehead atoms. The number of nitrogens with one attached hydrogen (secondary N) is 1. The van der Waals surface area contributed by atoms with Crippen molar-refractivity contribution >= 4 is 5.91 Å². The molecular formula is C19H22N2O. The summed E-state index contributed by atoms with van der Waals surface area (Å²) < 4.78 is 0. The Morgan fingerprint density at radius 3 is 2.68 bits per heavy atom. The number of likely N-dealkylation sites (tertiary alicyclic amines) is 1. The van der Waals surface area contributed by atoms with E-state index in [-0.39, 0.29) is 5.91 Å². The average Bonchev–Trinajstić information content (AvgIpc) is 3.17. The molecule has 0 radical (unpaired) electrons. The summed E-state index contributed by atoms with van der Waals surface area (Å²) >= 11 is 0. The summed E-state index contributed by atoms with van der Waals surface area (Å²) in [6.45, 7) is 4.06. The third kappa shape index (κ3) is 1.99. The van der Waals surface area contributed by atoms with Crippen LogP contribution in [0.25, 0.3) is 0 Å². The van der Waals surface area contributed by atoms with Crippen LogP contribution in [0, 0.1) is 0 Å². The molecule has 22 heavy (non-hydrogen) atoms. The van der Waals surface area contributed by atoms with E-state index in [0.717, 1.165) is 25.9 Å². The fourth-order valence-corrected chi connectivity index (χ4v) is 4.46. The highest BCUT2D eigenvalue weighted by Gasteiger charge is 2.44. The van der Waals surface area contributed by atoms with Crippen molar-refractivity contribution in [2.24, 2.45) is 0 Å². The molecule has 1 N–H and O–H groups in total. The molecule has 0 saturated carbocycles. The zero-order valence-corrected chi connectivity index (χ0v) is 13.0. The van der Waals surface area contributed by atoms with Gasteiger partial charge in [0, 0.05) is 19.3 Å². The predicted octanol–water partition coefficient (Wildman–Crippen LogP) is 3.70. The lowest BCUT2D eigenvalue weighted by Crippen LogP contribution is -2.44. The zero-order chi connectivity index (χ0) is 15.2. The van der Waals surface area contributed by atoms with Gasteiger partial charge in [-0.25, -0.2) is 0 Å². The van der Waals surface area contributed by atoms with Gasteiger partial charge in [0.05, 0.1) is 0 Å². The van der Waals surface area contributed by atoms with E-state index in [4.69, 9.17) is 0 Å². The molecule has 3 heteroatoms. The third-order valence-electron chi connectivity index (χ3n) is 5.60. The van der Waals surface area contributed by atoms with Crippen LogP contribution in [0.1, 0.15) is 53.7 Å². The van der Waals surface area contributed by atoms with Crippen molar-refractivity contribution in [1.82, 2.24) is 9.88 Å². The maximum absolute atomic E-state index is 12.5. The first-order chi connectivity index (χ1) is 10.7. The van der Waals surface area contributed by atoms with Gasteiger partial charge in [-0.1, -0.05) is 31.2 Å². The van der Waals surface area contributed by atoms with Crippen LogP contribution in [0.5, 0.6) is 0 Å².